The molecule has 2 atom stereocenters. The van der Waals surface area contributed by atoms with Crippen molar-refractivity contribution in [3.63, 3.8) is 0 Å². The molecule has 0 radical (unpaired) electrons. The number of nitrogens with one attached hydrogen (secondary N) is 1. The minimum atomic E-state index is -0.228. The van der Waals surface area contributed by atoms with E-state index in [9.17, 15) is 5.11 Å². The molecule has 0 spiro atoms. The lowest BCUT2D eigenvalue weighted by molar-refractivity contribution is 0.118. The van der Waals surface area contributed by atoms with Crippen molar-refractivity contribution < 1.29 is 5.11 Å². The van der Waals surface area contributed by atoms with Gasteiger partial charge >= 0.3 is 0 Å². The van der Waals surface area contributed by atoms with Crippen LogP contribution >= 0.6 is 15.9 Å². The fraction of sp³-hybridized carbons (Fsp3) is 0.389. The first kappa shape index (κ1) is 16.5. The van der Waals surface area contributed by atoms with Gasteiger partial charge < -0.3 is 10.4 Å². The number of aliphatic hydroxyl groups excluding tert-OH is 1. The number of anilines is 1. The van der Waals surface area contributed by atoms with Gasteiger partial charge in [0.05, 0.1) is 18.0 Å². The summed E-state index contributed by atoms with van der Waals surface area (Å²) in [5.41, 5.74) is 2.88. The molecule has 1 saturated carbocycles. The molecule has 7 heteroatoms. The standard InChI is InChI=1S/C18H20BrN5O/c19-16-10-22-18-17(21-9-12-3-2-6-20-8-12)23-15(11-24(16)18)13-4-1-5-14(25)7-13/h2-3,6,8,10-11,13-14,25H,1,4-5,7,9H2,(H,21,23). The first-order chi connectivity index (χ1) is 12.2. The maximum Gasteiger partial charge on any atom is 0.181 e. The molecule has 0 bridgehead atoms. The van der Waals surface area contributed by atoms with Crippen molar-refractivity contribution in [3.8, 4) is 0 Å². The number of hydrogen-bond acceptors (Lipinski definition) is 5. The van der Waals surface area contributed by atoms with Gasteiger partial charge in [0.15, 0.2) is 11.5 Å². The molecule has 3 aromatic rings. The van der Waals surface area contributed by atoms with Crippen LogP contribution in [0.25, 0.3) is 5.65 Å². The Labute approximate surface area is 154 Å². The number of nitrogens with zero attached hydrogens (tertiary/aromatic N) is 4. The van der Waals surface area contributed by atoms with E-state index in [4.69, 9.17) is 4.98 Å². The highest BCUT2D eigenvalue weighted by atomic mass is 79.9. The van der Waals surface area contributed by atoms with Gasteiger partial charge in [-0.05, 0) is 46.8 Å². The molecule has 3 aromatic heterocycles. The molecule has 1 fully saturated rings. The Morgan fingerprint density at radius 1 is 1.32 bits per heavy atom. The number of pyridine rings is 1. The SMILES string of the molecule is OC1CCCC(c2cn3c(Br)cnc3c(NCc3cccnc3)n2)C1. The topological polar surface area (TPSA) is 75.3 Å². The zero-order chi connectivity index (χ0) is 17.2. The van der Waals surface area contributed by atoms with Crippen molar-refractivity contribution in [1.29, 1.82) is 0 Å². The largest absolute Gasteiger partial charge is 0.393 e. The summed E-state index contributed by atoms with van der Waals surface area (Å²) in [4.78, 5) is 13.4. The fourth-order valence-corrected chi connectivity index (χ4v) is 3.79. The van der Waals surface area contributed by atoms with Crippen molar-refractivity contribution in [1.82, 2.24) is 19.4 Å². The Kier molecular flexibility index (Phi) is 4.67. The number of rotatable bonds is 4. The molecule has 1 aliphatic carbocycles. The molecule has 25 heavy (non-hydrogen) atoms. The average molecular weight is 402 g/mol. The molecular weight excluding hydrogens is 382 g/mol. The number of aromatic nitrogens is 4. The molecule has 2 unspecified atom stereocenters. The monoisotopic (exact) mass is 401 g/mol. The second-order valence-corrected chi connectivity index (χ2v) is 7.33. The number of aliphatic hydroxyl groups is 1. The van der Waals surface area contributed by atoms with Crippen LogP contribution < -0.4 is 5.32 Å². The van der Waals surface area contributed by atoms with Crippen LogP contribution in [0, 0.1) is 0 Å². The van der Waals surface area contributed by atoms with E-state index in [0.29, 0.717) is 6.54 Å². The highest BCUT2D eigenvalue weighted by molar-refractivity contribution is 9.10. The third-order valence-corrected chi connectivity index (χ3v) is 5.30. The van der Waals surface area contributed by atoms with Crippen LogP contribution in [0.4, 0.5) is 5.82 Å². The summed E-state index contributed by atoms with van der Waals surface area (Å²) in [5.74, 6) is 1.04. The molecule has 130 valence electrons. The van der Waals surface area contributed by atoms with E-state index in [1.54, 1.807) is 12.4 Å². The molecule has 0 aromatic carbocycles. The minimum Gasteiger partial charge on any atom is -0.393 e. The molecular formula is C18H20BrN5O. The summed E-state index contributed by atoms with van der Waals surface area (Å²) in [6, 6.07) is 3.95. The van der Waals surface area contributed by atoms with Gasteiger partial charge in [-0.2, -0.15) is 0 Å². The summed E-state index contributed by atoms with van der Waals surface area (Å²) < 4.78 is 2.90. The predicted octanol–water partition coefficient (Wildman–Crippen LogP) is 3.52. The Balaban J connectivity index is 1.67. The third kappa shape index (κ3) is 3.52. The molecule has 4 rings (SSSR count). The Bertz CT molecular complexity index is 867. The quantitative estimate of drug-likeness (QED) is 0.699. The molecule has 2 N–H and O–H groups in total. The summed E-state index contributed by atoms with van der Waals surface area (Å²) in [5, 5.41) is 13.4. The van der Waals surface area contributed by atoms with Gasteiger partial charge in [0, 0.05) is 31.1 Å². The first-order valence-electron chi connectivity index (χ1n) is 8.55. The van der Waals surface area contributed by atoms with Gasteiger partial charge in [-0.1, -0.05) is 12.5 Å². The highest BCUT2D eigenvalue weighted by Crippen LogP contribution is 2.33. The lowest BCUT2D eigenvalue weighted by atomic mass is 9.85. The van der Waals surface area contributed by atoms with Gasteiger partial charge in [-0.15, -0.1) is 0 Å². The number of fused-ring (bicyclic) bond motifs is 1. The third-order valence-electron chi connectivity index (χ3n) is 4.71. The van der Waals surface area contributed by atoms with Crippen molar-refractivity contribution in [2.45, 2.75) is 44.2 Å². The minimum absolute atomic E-state index is 0.228. The van der Waals surface area contributed by atoms with Crippen LogP contribution in [0.15, 0.2) is 41.5 Å². The van der Waals surface area contributed by atoms with Gasteiger partial charge in [0.2, 0.25) is 0 Å². The van der Waals surface area contributed by atoms with Crippen LogP contribution in [-0.2, 0) is 6.54 Å². The Morgan fingerprint density at radius 3 is 3.04 bits per heavy atom. The van der Waals surface area contributed by atoms with Crippen molar-refractivity contribution in [2.75, 3.05) is 5.32 Å². The zero-order valence-electron chi connectivity index (χ0n) is 13.8. The lowest BCUT2D eigenvalue weighted by Gasteiger charge is -2.25. The first-order valence-corrected chi connectivity index (χ1v) is 9.34. The normalized spacial score (nSPS) is 20.7. The molecule has 0 saturated heterocycles. The van der Waals surface area contributed by atoms with Crippen molar-refractivity contribution in [2.24, 2.45) is 0 Å². The summed E-state index contributed by atoms with van der Waals surface area (Å²) >= 11 is 3.55. The predicted molar refractivity (Wildman–Crippen MR) is 99.5 cm³/mol. The van der Waals surface area contributed by atoms with Gasteiger partial charge in [0.25, 0.3) is 0 Å². The van der Waals surface area contributed by atoms with E-state index in [1.807, 2.05) is 28.9 Å². The summed E-state index contributed by atoms with van der Waals surface area (Å²) in [6.45, 7) is 0.637. The van der Waals surface area contributed by atoms with E-state index >= 15 is 0 Å². The van der Waals surface area contributed by atoms with Crippen LogP contribution in [0.3, 0.4) is 0 Å². The molecule has 0 aliphatic heterocycles. The maximum atomic E-state index is 10.0. The Hall–Kier alpha value is -1.99. The zero-order valence-corrected chi connectivity index (χ0v) is 15.4. The second-order valence-electron chi connectivity index (χ2n) is 6.52. The summed E-state index contributed by atoms with van der Waals surface area (Å²) in [7, 11) is 0. The number of hydrogen-bond donors (Lipinski definition) is 2. The van der Waals surface area contributed by atoms with E-state index in [0.717, 1.165) is 53.0 Å². The van der Waals surface area contributed by atoms with Crippen molar-refractivity contribution >= 4 is 27.4 Å². The van der Waals surface area contributed by atoms with Gasteiger partial charge in [-0.3, -0.25) is 9.38 Å². The van der Waals surface area contributed by atoms with Crippen LogP contribution in [0.5, 0.6) is 0 Å². The summed E-state index contributed by atoms with van der Waals surface area (Å²) in [6.07, 6.45) is 10.9. The molecule has 1 aliphatic rings. The molecule has 0 amide bonds. The van der Waals surface area contributed by atoms with Crippen molar-refractivity contribution in [3.05, 3.63) is 52.8 Å². The fourth-order valence-electron chi connectivity index (χ4n) is 3.41. The van der Waals surface area contributed by atoms with E-state index in [1.165, 1.54) is 0 Å². The maximum absolute atomic E-state index is 10.0. The molecule has 3 heterocycles. The number of imidazole rings is 1. The Morgan fingerprint density at radius 2 is 2.24 bits per heavy atom. The molecule has 6 nitrogen and oxygen atoms in total. The van der Waals surface area contributed by atoms with Gasteiger partial charge in [-0.25, -0.2) is 9.97 Å². The van der Waals surface area contributed by atoms with E-state index < -0.39 is 0 Å². The van der Waals surface area contributed by atoms with E-state index in [2.05, 4.69) is 31.2 Å². The lowest BCUT2D eigenvalue weighted by Crippen LogP contribution is -2.20. The number of halogens is 1. The highest BCUT2D eigenvalue weighted by Gasteiger charge is 2.24. The van der Waals surface area contributed by atoms with Gasteiger partial charge in [0.1, 0.15) is 4.60 Å². The smallest absolute Gasteiger partial charge is 0.181 e. The van der Waals surface area contributed by atoms with Crippen LogP contribution in [0.2, 0.25) is 0 Å². The van der Waals surface area contributed by atoms with Crippen LogP contribution in [-0.4, -0.2) is 30.6 Å². The van der Waals surface area contributed by atoms with Crippen LogP contribution in [0.1, 0.15) is 42.9 Å². The second kappa shape index (κ2) is 7.09. The average Bonchev–Trinajstić information content (AvgIpc) is 3.02. The van der Waals surface area contributed by atoms with E-state index in [-0.39, 0.29) is 12.0 Å².